The van der Waals surface area contributed by atoms with Crippen molar-refractivity contribution in [2.24, 2.45) is 0 Å². The zero-order valence-electron chi connectivity index (χ0n) is 10.2. The molecule has 0 amide bonds. The van der Waals surface area contributed by atoms with Gasteiger partial charge in [-0.05, 0) is 36.7 Å². The van der Waals surface area contributed by atoms with Crippen molar-refractivity contribution in [3.05, 3.63) is 30.1 Å². The summed E-state index contributed by atoms with van der Waals surface area (Å²) in [5.41, 5.74) is 1.19. The number of nitrogens with one attached hydrogen (secondary N) is 1. The molecule has 1 N–H and O–H groups in total. The van der Waals surface area contributed by atoms with Gasteiger partial charge in [0, 0.05) is 32.0 Å². The molecule has 0 radical (unpaired) electrons. The molecular formula is C13H19N3S. The lowest BCUT2D eigenvalue weighted by atomic mass is 10.2. The molecule has 0 spiro atoms. The minimum atomic E-state index is 0.582. The van der Waals surface area contributed by atoms with Crippen LogP contribution in [0.4, 0.5) is 0 Å². The smallest absolute Gasteiger partial charge is 0.169 e. The Morgan fingerprint density at radius 2 is 2.29 bits per heavy atom. The highest BCUT2D eigenvalue weighted by Crippen LogP contribution is 2.17. The van der Waals surface area contributed by atoms with Gasteiger partial charge in [0.2, 0.25) is 0 Å². The Bertz CT molecular complexity index is 360. The van der Waals surface area contributed by atoms with Crippen LogP contribution in [0.25, 0.3) is 0 Å². The van der Waals surface area contributed by atoms with Crippen LogP contribution in [0.15, 0.2) is 24.5 Å². The van der Waals surface area contributed by atoms with Crippen LogP contribution in [0.5, 0.6) is 0 Å². The van der Waals surface area contributed by atoms with Crippen LogP contribution in [0.2, 0.25) is 0 Å². The topological polar surface area (TPSA) is 28.2 Å². The van der Waals surface area contributed by atoms with E-state index < -0.39 is 0 Å². The molecule has 2 rings (SSSR count). The first-order valence-corrected chi connectivity index (χ1v) is 6.57. The third-order valence-electron chi connectivity index (χ3n) is 3.17. The molecule has 0 aromatic carbocycles. The van der Waals surface area contributed by atoms with Crippen LogP contribution in [-0.4, -0.2) is 28.1 Å². The van der Waals surface area contributed by atoms with E-state index in [1.807, 2.05) is 19.3 Å². The lowest BCUT2D eigenvalue weighted by molar-refractivity contribution is 0.471. The van der Waals surface area contributed by atoms with E-state index in [4.69, 9.17) is 12.2 Å². The van der Waals surface area contributed by atoms with E-state index in [-0.39, 0.29) is 0 Å². The first-order chi connectivity index (χ1) is 8.25. The summed E-state index contributed by atoms with van der Waals surface area (Å²) in [5.74, 6) is 0. The normalized spacial score (nSPS) is 15.8. The quantitative estimate of drug-likeness (QED) is 0.832. The third kappa shape index (κ3) is 3.66. The SMILES string of the molecule is CN(Cc1cccnc1)C(=S)NC1CCCC1. The van der Waals surface area contributed by atoms with E-state index >= 15 is 0 Å². The van der Waals surface area contributed by atoms with Crippen LogP contribution in [-0.2, 0) is 6.54 Å². The molecule has 1 aliphatic rings. The number of aromatic nitrogens is 1. The van der Waals surface area contributed by atoms with Crippen LogP contribution >= 0.6 is 12.2 Å². The molecule has 0 bridgehead atoms. The first-order valence-electron chi connectivity index (χ1n) is 6.16. The summed E-state index contributed by atoms with van der Waals surface area (Å²) in [6.45, 7) is 0.812. The summed E-state index contributed by atoms with van der Waals surface area (Å²) >= 11 is 5.41. The molecule has 1 saturated carbocycles. The molecule has 1 aliphatic carbocycles. The van der Waals surface area contributed by atoms with Crippen LogP contribution in [0.3, 0.4) is 0 Å². The maximum atomic E-state index is 5.41. The Hall–Kier alpha value is -1.16. The number of rotatable bonds is 3. The van der Waals surface area contributed by atoms with Crippen molar-refractivity contribution >= 4 is 17.3 Å². The molecule has 0 saturated heterocycles. The molecule has 17 heavy (non-hydrogen) atoms. The second-order valence-corrected chi connectivity index (χ2v) is 5.03. The van der Waals surface area contributed by atoms with Gasteiger partial charge in [-0.2, -0.15) is 0 Å². The summed E-state index contributed by atoms with van der Waals surface area (Å²) < 4.78 is 0. The lowest BCUT2D eigenvalue weighted by Gasteiger charge is -2.23. The second kappa shape index (κ2) is 5.96. The van der Waals surface area contributed by atoms with Crippen molar-refractivity contribution in [3.8, 4) is 0 Å². The van der Waals surface area contributed by atoms with Crippen molar-refractivity contribution in [1.82, 2.24) is 15.2 Å². The fourth-order valence-corrected chi connectivity index (χ4v) is 2.42. The molecule has 1 heterocycles. The van der Waals surface area contributed by atoms with Gasteiger partial charge in [-0.1, -0.05) is 18.9 Å². The fourth-order valence-electron chi connectivity index (χ4n) is 2.19. The standard InChI is InChI=1S/C13H19N3S/c1-16(10-11-5-4-8-14-9-11)13(17)15-12-6-2-3-7-12/h4-5,8-9,12H,2-3,6-7,10H2,1H3,(H,15,17). The largest absolute Gasteiger partial charge is 0.360 e. The summed E-state index contributed by atoms with van der Waals surface area (Å²) in [7, 11) is 2.03. The molecule has 0 aliphatic heterocycles. The van der Waals surface area contributed by atoms with Crippen molar-refractivity contribution < 1.29 is 0 Å². The van der Waals surface area contributed by atoms with Crippen molar-refractivity contribution in [3.63, 3.8) is 0 Å². The van der Waals surface area contributed by atoms with Gasteiger partial charge in [0.1, 0.15) is 0 Å². The van der Waals surface area contributed by atoms with E-state index in [9.17, 15) is 0 Å². The van der Waals surface area contributed by atoms with Gasteiger partial charge in [-0.3, -0.25) is 4.98 Å². The molecule has 0 atom stereocenters. The first kappa shape index (κ1) is 12.3. The number of thiocarbonyl (C=S) groups is 1. The maximum Gasteiger partial charge on any atom is 0.169 e. The van der Waals surface area contributed by atoms with E-state index in [2.05, 4.69) is 21.3 Å². The predicted molar refractivity (Wildman–Crippen MR) is 73.7 cm³/mol. The zero-order valence-corrected chi connectivity index (χ0v) is 11.0. The molecule has 3 nitrogen and oxygen atoms in total. The summed E-state index contributed by atoms with van der Waals surface area (Å²) in [5, 5.41) is 4.28. The highest BCUT2D eigenvalue weighted by atomic mass is 32.1. The summed E-state index contributed by atoms with van der Waals surface area (Å²) in [4.78, 5) is 6.18. The Labute approximate surface area is 108 Å². The van der Waals surface area contributed by atoms with Crippen molar-refractivity contribution in [2.45, 2.75) is 38.3 Å². The number of hydrogen-bond donors (Lipinski definition) is 1. The van der Waals surface area contributed by atoms with Gasteiger partial charge in [-0.15, -0.1) is 0 Å². The van der Waals surface area contributed by atoms with Crippen molar-refractivity contribution in [2.75, 3.05) is 7.05 Å². The third-order valence-corrected chi connectivity index (χ3v) is 3.60. The summed E-state index contributed by atoms with van der Waals surface area (Å²) in [6, 6.07) is 4.61. The molecule has 92 valence electrons. The average Bonchev–Trinajstić information content (AvgIpc) is 2.83. The predicted octanol–water partition coefficient (Wildman–Crippen LogP) is 2.33. The number of nitrogens with zero attached hydrogens (tertiary/aromatic N) is 2. The van der Waals surface area contributed by atoms with Crippen LogP contribution in [0, 0.1) is 0 Å². The van der Waals surface area contributed by atoms with E-state index in [0.29, 0.717) is 6.04 Å². The minimum Gasteiger partial charge on any atom is -0.360 e. The van der Waals surface area contributed by atoms with Gasteiger partial charge < -0.3 is 10.2 Å². The zero-order chi connectivity index (χ0) is 12.1. The van der Waals surface area contributed by atoms with E-state index in [1.165, 1.54) is 31.2 Å². The van der Waals surface area contributed by atoms with Gasteiger partial charge >= 0.3 is 0 Å². The van der Waals surface area contributed by atoms with Gasteiger partial charge in [0.15, 0.2) is 5.11 Å². The highest BCUT2D eigenvalue weighted by molar-refractivity contribution is 7.80. The minimum absolute atomic E-state index is 0.582. The average molecular weight is 249 g/mol. The number of pyridine rings is 1. The van der Waals surface area contributed by atoms with Gasteiger partial charge in [0.25, 0.3) is 0 Å². The Morgan fingerprint density at radius 3 is 2.94 bits per heavy atom. The van der Waals surface area contributed by atoms with Crippen LogP contribution < -0.4 is 5.32 Å². The molecule has 0 unspecified atom stereocenters. The Morgan fingerprint density at radius 1 is 1.53 bits per heavy atom. The van der Waals surface area contributed by atoms with Crippen molar-refractivity contribution in [1.29, 1.82) is 0 Å². The maximum absolute atomic E-state index is 5.41. The van der Waals surface area contributed by atoms with E-state index in [0.717, 1.165) is 11.7 Å². The molecule has 1 aromatic heterocycles. The molecule has 1 fully saturated rings. The second-order valence-electron chi connectivity index (χ2n) is 4.65. The molecule has 1 aromatic rings. The van der Waals surface area contributed by atoms with Gasteiger partial charge in [0.05, 0.1) is 0 Å². The van der Waals surface area contributed by atoms with Crippen LogP contribution in [0.1, 0.15) is 31.2 Å². The monoisotopic (exact) mass is 249 g/mol. The highest BCUT2D eigenvalue weighted by Gasteiger charge is 2.16. The molecular weight excluding hydrogens is 230 g/mol. The fraction of sp³-hybridized carbons (Fsp3) is 0.538. The Kier molecular flexibility index (Phi) is 4.31. The molecule has 4 heteroatoms. The summed E-state index contributed by atoms with van der Waals surface area (Å²) in [6.07, 6.45) is 8.83. The Balaban J connectivity index is 1.82. The van der Waals surface area contributed by atoms with E-state index in [1.54, 1.807) is 6.20 Å². The lowest BCUT2D eigenvalue weighted by Crippen LogP contribution is -2.41. The number of hydrogen-bond acceptors (Lipinski definition) is 2. The van der Waals surface area contributed by atoms with Gasteiger partial charge in [-0.25, -0.2) is 0 Å².